The van der Waals surface area contributed by atoms with Crippen molar-refractivity contribution < 1.29 is 13.6 Å². The summed E-state index contributed by atoms with van der Waals surface area (Å²) in [6, 6.07) is 10.1. The third-order valence-corrected chi connectivity index (χ3v) is 2.96. The van der Waals surface area contributed by atoms with Crippen LogP contribution < -0.4 is 10.6 Å². The maximum Gasteiger partial charge on any atom is 0.238 e. The van der Waals surface area contributed by atoms with Crippen molar-refractivity contribution in [1.29, 1.82) is 0 Å². The van der Waals surface area contributed by atoms with Crippen molar-refractivity contribution in [1.82, 2.24) is 5.32 Å². The minimum atomic E-state index is -0.641. The lowest BCUT2D eigenvalue weighted by molar-refractivity contribution is -0.115. The van der Waals surface area contributed by atoms with E-state index in [4.69, 9.17) is 11.6 Å². The van der Waals surface area contributed by atoms with Gasteiger partial charge in [0.05, 0.1) is 6.54 Å². The van der Waals surface area contributed by atoms with Crippen LogP contribution in [0.25, 0.3) is 0 Å². The molecular formula is C15H13ClF2N2O. The summed E-state index contributed by atoms with van der Waals surface area (Å²) in [6.45, 7) is 0.137. The third kappa shape index (κ3) is 4.81. The highest BCUT2D eigenvalue weighted by atomic mass is 35.5. The Morgan fingerprint density at radius 2 is 1.95 bits per heavy atom. The number of carbonyl (C=O) groups is 1. The molecule has 0 radical (unpaired) electrons. The van der Waals surface area contributed by atoms with Crippen LogP contribution in [-0.2, 0) is 11.3 Å². The predicted molar refractivity (Wildman–Crippen MR) is 78.1 cm³/mol. The molecule has 0 aliphatic rings. The molecule has 0 unspecified atom stereocenters. The van der Waals surface area contributed by atoms with E-state index < -0.39 is 11.6 Å². The van der Waals surface area contributed by atoms with Gasteiger partial charge in [0.1, 0.15) is 11.6 Å². The van der Waals surface area contributed by atoms with Crippen LogP contribution >= 0.6 is 11.6 Å². The molecule has 6 heteroatoms. The van der Waals surface area contributed by atoms with Gasteiger partial charge in [-0.2, -0.15) is 0 Å². The highest BCUT2D eigenvalue weighted by Crippen LogP contribution is 2.14. The molecule has 2 aromatic rings. The zero-order chi connectivity index (χ0) is 15.2. The Hall–Kier alpha value is -1.98. The number of benzene rings is 2. The first-order valence-corrected chi connectivity index (χ1v) is 6.62. The van der Waals surface area contributed by atoms with Gasteiger partial charge >= 0.3 is 0 Å². The lowest BCUT2D eigenvalue weighted by Crippen LogP contribution is -2.28. The SMILES string of the molecule is O=C(CNCc1ccc(F)cc1F)Nc1cccc(Cl)c1. The first-order chi connectivity index (χ1) is 10.0. The number of rotatable bonds is 5. The second kappa shape index (κ2) is 7.15. The predicted octanol–water partition coefficient (Wildman–Crippen LogP) is 3.35. The zero-order valence-corrected chi connectivity index (χ0v) is 11.8. The van der Waals surface area contributed by atoms with Crippen molar-refractivity contribution in [3.63, 3.8) is 0 Å². The Bertz CT molecular complexity index is 649. The molecule has 0 saturated heterocycles. The Labute approximate surface area is 125 Å². The standard InChI is InChI=1S/C15H13ClF2N2O/c16-11-2-1-3-13(6-11)20-15(21)9-19-8-10-4-5-12(17)7-14(10)18/h1-7,19H,8-9H2,(H,20,21). The Morgan fingerprint density at radius 1 is 1.14 bits per heavy atom. The van der Waals surface area contributed by atoms with Crippen molar-refractivity contribution in [2.45, 2.75) is 6.54 Å². The number of amides is 1. The van der Waals surface area contributed by atoms with Gasteiger partial charge in [-0.05, 0) is 24.3 Å². The van der Waals surface area contributed by atoms with Crippen LogP contribution in [0.4, 0.5) is 14.5 Å². The summed E-state index contributed by atoms with van der Waals surface area (Å²) in [5.41, 5.74) is 0.884. The summed E-state index contributed by atoms with van der Waals surface area (Å²) < 4.78 is 26.1. The van der Waals surface area contributed by atoms with Crippen molar-refractivity contribution in [2.75, 3.05) is 11.9 Å². The smallest absolute Gasteiger partial charge is 0.238 e. The lowest BCUT2D eigenvalue weighted by atomic mass is 10.2. The van der Waals surface area contributed by atoms with Crippen molar-refractivity contribution in [2.24, 2.45) is 0 Å². The number of nitrogens with one attached hydrogen (secondary N) is 2. The summed E-state index contributed by atoms with van der Waals surface area (Å²) in [5, 5.41) is 5.96. The average molecular weight is 311 g/mol. The van der Waals surface area contributed by atoms with Gasteiger partial charge in [0, 0.05) is 28.9 Å². The molecule has 0 atom stereocenters. The van der Waals surface area contributed by atoms with Gasteiger partial charge in [-0.1, -0.05) is 23.7 Å². The van der Waals surface area contributed by atoms with E-state index in [-0.39, 0.29) is 19.0 Å². The third-order valence-electron chi connectivity index (χ3n) is 2.72. The average Bonchev–Trinajstić information content (AvgIpc) is 2.41. The maximum atomic E-state index is 13.4. The molecule has 2 rings (SSSR count). The fourth-order valence-electron chi connectivity index (χ4n) is 1.75. The molecule has 1 amide bonds. The first-order valence-electron chi connectivity index (χ1n) is 6.24. The molecule has 3 nitrogen and oxygen atoms in total. The molecule has 2 aromatic carbocycles. The molecule has 110 valence electrons. The number of halogens is 3. The lowest BCUT2D eigenvalue weighted by Gasteiger charge is -2.08. The van der Waals surface area contributed by atoms with Crippen LogP contribution in [0.15, 0.2) is 42.5 Å². The van der Waals surface area contributed by atoms with Crippen molar-refractivity contribution >= 4 is 23.2 Å². The summed E-state index contributed by atoms with van der Waals surface area (Å²) in [5.74, 6) is -1.55. The Kier molecular flexibility index (Phi) is 5.25. The highest BCUT2D eigenvalue weighted by Gasteiger charge is 2.06. The van der Waals surface area contributed by atoms with E-state index in [1.807, 2.05) is 0 Å². The fraction of sp³-hybridized carbons (Fsp3) is 0.133. The van der Waals surface area contributed by atoms with E-state index >= 15 is 0 Å². The Balaban J connectivity index is 1.81. The van der Waals surface area contributed by atoms with Gasteiger partial charge in [-0.15, -0.1) is 0 Å². The summed E-state index contributed by atoms with van der Waals surface area (Å²) in [6.07, 6.45) is 0. The highest BCUT2D eigenvalue weighted by molar-refractivity contribution is 6.30. The Morgan fingerprint density at radius 3 is 2.67 bits per heavy atom. The molecule has 0 spiro atoms. The van der Waals surface area contributed by atoms with Gasteiger partial charge in [-0.25, -0.2) is 8.78 Å². The molecule has 2 N–H and O–H groups in total. The van der Waals surface area contributed by atoms with E-state index in [0.29, 0.717) is 16.3 Å². The topological polar surface area (TPSA) is 41.1 Å². The molecular weight excluding hydrogens is 298 g/mol. The van der Waals surface area contributed by atoms with Gasteiger partial charge < -0.3 is 10.6 Å². The van der Waals surface area contributed by atoms with Crippen LogP contribution in [0.3, 0.4) is 0 Å². The molecule has 0 saturated carbocycles. The van der Waals surface area contributed by atoms with E-state index in [0.717, 1.165) is 6.07 Å². The number of hydrogen-bond acceptors (Lipinski definition) is 2. The molecule has 0 fully saturated rings. The van der Waals surface area contributed by atoms with E-state index in [1.165, 1.54) is 12.1 Å². The minimum Gasteiger partial charge on any atom is -0.325 e. The molecule has 0 bridgehead atoms. The summed E-state index contributed by atoms with van der Waals surface area (Å²) in [4.78, 5) is 11.7. The van der Waals surface area contributed by atoms with Crippen molar-refractivity contribution in [3.05, 3.63) is 64.7 Å². The summed E-state index contributed by atoms with van der Waals surface area (Å²) >= 11 is 5.80. The van der Waals surface area contributed by atoms with E-state index in [1.54, 1.807) is 24.3 Å². The normalized spacial score (nSPS) is 10.4. The maximum absolute atomic E-state index is 13.4. The van der Waals surface area contributed by atoms with E-state index in [2.05, 4.69) is 10.6 Å². The van der Waals surface area contributed by atoms with Crippen LogP contribution in [0.5, 0.6) is 0 Å². The monoisotopic (exact) mass is 310 g/mol. The van der Waals surface area contributed by atoms with Crippen LogP contribution in [0.1, 0.15) is 5.56 Å². The number of anilines is 1. The van der Waals surface area contributed by atoms with Crippen LogP contribution in [-0.4, -0.2) is 12.5 Å². The second-order valence-corrected chi connectivity index (χ2v) is 4.83. The minimum absolute atomic E-state index is 0.00330. The zero-order valence-electron chi connectivity index (χ0n) is 11.0. The molecule has 21 heavy (non-hydrogen) atoms. The molecule has 0 aromatic heterocycles. The first kappa shape index (κ1) is 15.4. The second-order valence-electron chi connectivity index (χ2n) is 4.40. The quantitative estimate of drug-likeness (QED) is 0.889. The van der Waals surface area contributed by atoms with Gasteiger partial charge in [0.15, 0.2) is 0 Å². The van der Waals surface area contributed by atoms with Crippen LogP contribution in [0, 0.1) is 11.6 Å². The van der Waals surface area contributed by atoms with Crippen molar-refractivity contribution in [3.8, 4) is 0 Å². The largest absolute Gasteiger partial charge is 0.325 e. The van der Waals surface area contributed by atoms with Crippen LogP contribution in [0.2, 0.25) is 5.02 Å². The van der Waals surface area contributed by atoms with Gasteiger partial charge in [0.2, 0.25) is 5.91 Å². The summed E-state index contributed by atoms with van der Waals surface area (Å²) in [7, 11) is 0. The van der Waals surface area contributed by atoms with E-state index in [9.17, 15) is 13.6 Å². The number of carbonyl (C=O) groups excluding carboxylic acids is 1. The molecule has 0 aliphatic carbocycles. The van der Waals surface area contributed by atoms with Gasteiger partial charge in [0.25, 0.3) is 0 Å². The molecule has 0 heterocycles. The van der Waals surface area contributed by atoms with Gasteiger partial charge in [-0.3, -0.25) is 4.79 Å². The molecule has 0 aliphatic heterocycles. The fourth-order valence-corrected chi connectivity index (χ4v) is 1.94. The number of hydrogen-bond donors (Lipinski definition) is 2.